The fraction of sp³-hybridized carbons (Fsp3) is 0.263. The summed E-state index contributed by atoms with van der Waals surface area (Å²) >= 11 is 2.14. The molecule has 0 fully saturated rings. The van der Waals surface area contributed by atoms with Crippen LogP contribution in [0.2, 0.25) is 0 Å². The molecule has 0 aromatic heterocycles. The molecule has 144 valence electrons. The van der Waals surface area contributed by atoms with Gasteiger partial charge in [0.25, 0.3) is 0 Å². The van der Waals surface area contributed by atoms with Crippen LogP contribution in [-0.4, -0.2) is 25.0 Å². The Morgan fingerprint density at radius 2 is 1.78 bits per heavy atom. The number of ether oxygens (including phenoxy) is 1. The average Bonchev–Trinajstić information content (AvgIpc) is 2.60. The molecule has 27 heavy (non-hydrogen) atoms. The number of methoxy groups -OCH3 is 1. The van der Waals surface area contributed by atoms with E-state index in [1.807, 2.05) is 24.3 Å². The second-order valence-electron chi connectivity index (χ2n) is 5.85. The van der Waals surface area contributed by atoms with Gasteiger partial charge in [-0.3, -0.25) is 4.79 Å². The molecule has 1 atom stereocenters. The molecule has 0 aliphatic carbocycles. The fourth-order valence-corrected chi connectivity index (χ4v) is 3.09. The van der Waals surface area contributed by atoms with Gasteiger partial charge in [-0.1, -0.05) is 24.3 Å². The molecule has 2 aromatic carbocycles. The first-order chi connectivity index (χ1) is 12.7. The highest BCUT2D eigenvalue weighted by atomic mass is 127. The minimum absolute atomic E-state index is 0.141. The molecule has 2 rings (SSSR count). The van der Waals surface area contributed by atoms with Crippen molar-refractivity contribution in [3.63, 3.8) is 0 Å². The smallest absolute Gasteiger partial charge is 0.416 e. The second kappa shape index (κ2) is 9.20. The lowest BCUT2D eigenvalue weighted by atomic mass is 10.0. The van der Waals surface area contributed by atoms with Crippen LogP contribution < -0.4 is 5.32 Å². The van der Waals surface area contributed by atoms with Crippen molar-refractivity contribution in [3.05, 3.63) is 68.8 Å². The summed E-state index contributed by atoms with van der Waals surface area (Å²) in [6.45, 7) is 0. The van der Waals surface area contributed by atoms with Gasteiger partial charge >= 0.3 is 12.1 Å². The summed E-state index contributed by atoms with van der Waals surface area (Å²) in [6.07, 6.45) is -4.32. The molecule has 8 heteroatoms. The van der Waals surface area contributed by atoms with Crippen molar-refractivity contribution in [2.45, 2.75) is 25.1 Å². The molecule has 1 N–H and O–H groups in total. The predicted molar refractivity (Wildman–Crippen MR) is 102 cm³/mol. The van der Waals surface area contributed by atoms with E-state index in [2.05, 4.69) is 27.9 Å². The van der Waals surface area contributed by atoms with Crippen LogP contribution in [0.1, 0.15) is 16.7 Å². The normalized spacial score (nSPS) is 12.3. The Balaban J connectivity index is 2.04. The Hall–Kier alpha value is -2.10. The lowest BCUT2D eigenvalue weighted by Crippen LogP contribution is -2.43. The molecule has 0 spiro atoms. The third kappa shape index (κ3) is 6.53. The number of hydrogen-bond acceptors (Lipinski definition) is 3. The van der Waals surface area contributed by atoms with Crippen LogP contribution in [0.25, 0.3) is 0 Å². The maximum Gasteiger partial charge on any atom is 0.416 e. The number of halogens is 4. The van der Waals surface area contributed by atoms with E-state index < -0.39 is 29.7 Å². The van der Waals surface area contributed by atoms with Gasteiger partial charge in [-0.15, -0.1) is 0 Å². The van der Waals surface area contributed by atoms with E-state index in [1.165, 1.54) is 19.2 Å². The average molecular weight is 491 g/mol. The summed E-state index contributed by atoms with van der Waals surface area (Å²) in [5, 5.41) is 2.59. The van der Waals surface area contributed by atoms with Gasteiger partial charge in [-0.2, -0.15) is 13.2 Å². The van der Waals surface area contributed by atoms with Crippen LogP contribution in [0.3, 0.4) is 0 Å². The van der Waals surface area contributed by atoms with Crippen LogP contribution in [-0.2, 0) is 33.3 Å². The van der Waals surface area contributed by atoms with Crippen LogP contribution in [0.5, 0.6) is 0 Å². The largest absolute Gasteiger partial charge is 0.467 e. The molecule has 0 aliphatic heterocycles. The Morgan fingerprint density at radius 1 is 1.11 bits per heavy atom. The number of nitrogens with one attached hydrogen (secondary N) is 1. The summed E-state index contributed by atoms with van der Waals surface area (Å²) in [5.74, 6) is -1.06. The van der Waals surface area contributed by atoms with Gasteiger partial charge in [0.05, 0.1) is 19.1 Å². The molecule has 2 aromatic rings. The number of carbonyl (C=O) groups is 2. The number of rotatable bonds is 6. The Kier molecular flexibility index (Phi) is 7.23. The summed E-state index contributed by atoms with van der Waals surface area (Å²) in [4.78, 5) is 24.2. The van der Waals surface area contributed by atoms with Crippen molar-refractivity contribution in [3.8, 4) is 0 Å². The maximum absolute atomic E-state index is 12.6. The van der Waals surface area contributed by atoms with Crippen LogP contribution >= 0.6 is 22.6 Å². The predicted octanol–water partition coefficient (Wildman–Crippen LogP) is 3.75. The monoisotopic (exact) mass is 491 g/mol. The van der Waals surface area contributed by atoms with Crippen molar-refractivity contribution in [2.75, 3.05) is 7.11 Å². The summed E-state index contributed by atoms with van der Waals surface area (Å²) in [5.41, 5.74) is 0.489. The first-order valence-corrected chi connectivity index (χ1v) is 9.04. The zero-order valence-electron chi connectivity index (χ0n) is 14.3. The number of benzene rings is 2. The third-order valence-electron chi connectivity index (χ3n) is 3.80. The number of esters is 1. The Morgan fingerprint density at radius 3 is 2.33 bits per heavy atom. The van der Waals surface area contributed by atoms with E-state index >= 15 is 0 Å². The van der Waals surface area contributed by atoms with Crippen molar-refractivity contribution in [2.24, 2.45) is 0 Å². The minimum atomic E-state index is -4.43. The van der Waals surface area contributed by atoms with E-state index in [0.717, 1.165) is 21.3 Å². The maximum atomic E-state index is 12.6. The Labute approximate surface area is 168 Å². The minimum Gasteiger partial charge on any atom is -0.467 e. The first kappa shape index (κ1) is 21.2. The standard InChI is InChI=1S/C19H17F3INO3/c1-27-18(26)16(10-13-3-2-4-15(23)9-13)24-17(25)11-12-5-7-14(8-6-12)19(20,21)22/h2-9,16H,10-11H2,1H3,(H,24,25)/t16-/m1/s1. The van der Waals surface area contributed by atoms with Gasteiger partial charge in [-0.05, 0) is 58.0 Å². The van der Waals surface area contributed by atoms with Crippen molar-refractivity contribution in [1.82, 2.24) is 5.32 Å². The first-order valence-electron chi connectivity index (χ1n) is 7.97. The molecule has 0 saturated heterocycles. The van der Waals surface area contributed by atoms with E-state index in [9.17, 15) is 22.8 Å². The molecule has 0 heterocycles. The molecule has 0 aliphatic rings. The molecular weight excluding hydrogens is 474 g/mol. The third-order valence-corrected chi connectivity index (χ3v) is 4.47. The van der Waals surface area contributed by atoms with E-state index in [1.54, 1.807) is 0 Å². The topological polar surface area (TPSA) is 55.4 Å². The second-order valence-corrected chi connectivity index (χ2v) is 7.09. The van der Waals surface area contributed by atoms with Gasteiger partial charge in [0.1, 0.15) is 6.04 Å². The SMILES string of the molecule is COC(=O)[C@@H](Cc1cccc(I)c1)NC(=O)Cc1ccc(C(F)(F)F)cc1. The number of hydrogen-bond donors (Lipinski definition) is 1. The van der Waals surface area contributed by atoms with Gasteiger partial charge in [0.2, 0.25) is 5.91 Å². The van der Waals surface area contributed by atoms with Gasteiger partial charge < -0.3 is 10.1 Å². The summed E-state index contributed by atoms with van der Waals surface area (Å²) in [7, 11) is 1.23. The molecule has 0 radical (unpaired) electrons. The zero-order chi connectivity index (χ0) is 20.0. The van der Waals surface area contributed by atoms with Crippen molar-refractivity contribution in [1.29, 1.82) is 0 Å². The van der Waals surface area contributed by atoms with Gasteiger partial charge in [-0.25, -0.2) is 4.79 Å². The molecule has 0 bridgehead atoms. The van der Waals surface area contributed by atoms with Gasteiger partial charge in [0.15, 0.2) is 0 Å². The highest BCUT2D eigenvalue weighted by Crippen LogP contribution is 2.29. The van der Waals surface area contributed by atoms with E-state index in [0.29, 0.717) is 5.56 Å². The molecule has 0 unspecified atom stereocenters. The number of alkyl halides is 3. The van der Waals surface area contributed by atoms with E-state index in [4.69, 9.17) is 4.74 Å². The lowest BCUT2D eigenvalue weighted by Gasteiger charge is -2.17. The molecular formula is C19H17F3INO3. The number of carbonyl (C=O) groups excluding carboxylic acids is 2. The van der Waals surface area contributed by atoms with Crippen LogP contribution in [0, 0.1) is 3.57 Å². The number of amides is 1. The van der Waals surface area contributed by atoms with Crippen LogP contribution in [0.15, 0.2) is 48.5 Å². The molecule has 0 saturated carbocycles. The van der Waals surface area contributed by atoms with Crippen molar-refractivity contribution < 1.29 is 27.5 Å². The highest BCUT2D eigenvalue weighted by Gasteiger charge is 2.30. The lowest BCUT2D eigenvalue weighted by molar-refractivity contribution is -0.145. The molecule has 1 amide bonds. The highest BCUT2D eigenvalue weighted by molar-refractivity contribution is 14.1. The Bertz CT molecular complexity index is 807. The van der Waals surface area contributed by atoms with Gasteiger partial charge in [0, 0.05) is 9.99 Å². The van der Waals surface area contributed by atoms with Crippen molar-refractivity contribution >= 4 is 34.5 Å². The summed E-state index contributed by atoms with van der Waals surface area (Å²) < 4.78 is 43.5. The molecule has 4 nitrogen and oxygen atoms in total. The quantitative estimate of drug-likeness (QED) is 0.495. The van der Waals surface area contributed by atoms with Crippen LogP contribution in [0.4, 0.5) is 13.2 Å². The fourth-order valence-electron chi connectivity index (χ4n) is 2.48. The summed E-state index contributed by atoms with van der Waals surface area (Å²) in [6, 6.07) is 10.9. The van der Waals surface area contributed by atoms with E-state index in [-0.39, 0.29) is 12.8 Å². The zero-order valence-corrected chi connectivity index (χ0v) is 16.5.